The Morgan fingerprint density at radius 1 is 1.14 bits per heavy atom. The van der Waals surface area contributed by atoms with E-state index in [1.165, 1.54) is 7.11 Å². The van der Waals surface area contributed by atoms with E-state index < -0.39 is 0 Å². The Labute approximate surface area is 129 Å². The summed E-state index contributed by atoms with van der Waals surface area (Å²) in [6, 6.07) is 11.7. The number of thiocarbonyl (C=S) groups is 1. The number of nitrogens with zero attached hydrogens (tertiary/aromatic N) is 1. The zero-order valence-corrected chi connectivity index (χ0v) is 13.1. The van der Waals surface area contributed by atoms with Crippen LogP contribution >= 0.6 is 12.2 Å². The molecule has 21 heavy (non-hydrogen) atoms. The Morgan fingerprint density at radius 3 is 2.48 bits per heavy atom. The van der Waals surface area contributed by atoms with Crippen molar-refractivity contribution in [3.8, 4) is 5.75 Å². The average molecular weight is 303 g/mol. The molecule has 5 heteroatoms. The second kappa shape index (κ2) is 6.54. The zero-order valence-electron chi connectivity index (χ0n) is 12.3. The first-order valence-corrected chi connectivity index (χ1v) is 6.87. The molecule has 0 aromatic heterocycles. The van der Waals surface area contributed by atoms with Gasteiger partial charge in [-0.3, -0.25) is 4.79 Å². The van der Waals surface area contributed by atoms with Crippen molar-refractivity contribution in [2.75, 3.05) is 27.8 Å². The lowest BCUT2D eigenvalue weighted by Crippen LogP contribution is -2.32. The van der Waals surface area contributed by atoms with Gasteiger partial charge in [0.15, 0.2) is 0 Å². The number of hydrogen-bond acceptors (Lipinski definition) is 4. The minimum atomic E-state index is -0.322. The van der Waals surface area contributed by atoms with E-state index in [0.717, 1.165) is 22.1 Å². The lowest BCUT2D eigenvalue weighted by molar-refractivity contribution is -0.140. The molecule has 0 saturated heterocycles. The average Bonchev–Trinajstić information content (AvgIpc) is 2.52. The number of ether oxygens (including phenoxy) is 2. The third-order valence-electron chi connectivity index (χ3n) is 3.27. The van der Waals surface area contributed by atoms with E-state index in [-0.39, 0.29) is 12.5 Å². The van der Waals surface area contributed by atoms with Crippen molar-refractivity contribution in [3.63, 3.8) is 0 Å². The molecule has 0 spiro atoms. The van der Waals surface area contributed by atoms with Crippen molar-refractivity contribution in [1.29, 1.82) is 0 Å². The van der Waals surface area contributed by atoms with Crippen LogP contribution in [0, 0.1) is 0 Å². The molecule has 0 heterocycles. The fourth-order valence-electron chi connectivity index (χ4n) is 2.18. The van der Waals surface area contributed by atoms with Crippen LogP contribution in [-0.4, -0.2) is 43.7 Å². The molecule has 0 amide bonds. The maximum atomic E-state index is 11.4. The second-order valence-corrected chi connectivity index (χ2v) is 4.99. The Hall–Kier alpha value is -2.14. The molecule has 0 unspecified atom stereocenters. The molecule has 0 aliphatic rings. The van der Waals surface area contributed by atoms with E-state index >= 15 is 0 Å². The van der Waals surface area contributed by atoms with Crippen LogP contribution in [0.15, 0.2) is 36.4 Å². The fraction of sp³-hybridized carbons (Fsp3) is 0.250. The number of methoxy groups -OCH3 is 2. The molecule has 0 atom stereocenters. The highest BCUT2D eigenvalue weighted by molar-refractivity contribution is 7.80. The second-order valence-electron chi connectivity index (χ2n) is 4.60. The van der Waals surface area contributed by atoms with Crippen LogP contribution in [0.3, 0.4) is 0 Å². The number of benzene rings is 2. The quantitative estimate of drug-likeness (QED) is 0.641. The molecule has 110 valence electrons. The maximum absolute atomic E-state index is 11.4. The van der Waals surface area contributed by atoms with Crippen molar-refractivity contribution in [2.24, 2.45) is 0 Å². The summed E-state index contributed by atoms with van der Waals surface area (Å²) in [5.74, 6) is 0.477. The first-order valence-electron chi connectivity index (χ1n) is 6.46. The van der Waals surface area contributed by atoms with Gasteiger partial charge in [0, 0.05) is 18.0 Å². The van der Waals surface area contributed by atoms with Crippen LogP contribution in [0.4, 0.5) is 0 Å². The summed E-state index contributed by atoms with van der Waals surface area (Å²) in [5.41, 5.74) is 0.896. The fourth-order valence-corrected chi connectivity index (χ4v) is 2.42. The van der Waals surface area contributed by atoms with Crippen molar-refractivity contribution in [2.45, 2.75) is 0 Å². The lowest BCUT2D eigenvalue weighted by Gasteiger charge is -2.20. The van der Waals surface area contributed by atoms with Crippen LogP contribution in [0.25, 0.3) is 10.8 Å². The lowest BCUT2D eigenvalue weighted by atomic mass is 10.0. The highest BCUT2D eigenvalue weighted by Crippen LogP contribution is 2.28. The number of fused-ring (bicyclic) bond motifs is 1. The van der Waals surface area contributed by atoms with E-state index in [2.05, 4.69) is 4.74 Å². The summed E-state index contributed by atoms with van der Waals surface area (Å²) in [7, 11) is 4.78. The van der Waals surface area contributed by atoms with Crippen molar-refractivity contribution in [1.82, 2.24) is 4.90 Å². The molecule has 2 aromatic carbocycles. The maximum Gasteiger partial charge on any atom is 0.325 e. The van der Waals surface area contributed by atoms with Gasteiger partial charge in [-0.25, -0.2) is 0 Å². The smallest absolute Gasteiger partial charge is 0.325 e. The normalized spacial score (nSPS) is 10.2. The third kappa shape index (κ3) is 3.13. The van der Waals surface area contributed by atoms with Gasteiger partial charge in [-0.05, 0) is 11.5 Å². The number of rotatable bonds is 4. The number of carbonyl (C=O) groups is 1. The van der Waals surface area contributed by atoms with Gasteiger partial charge in [-0.2, -0.15) is 0 Å². The predicted octanol–water partition coefficient (Wildman–Crippen LogP) is 2.63. The summed E-state index contributed by atoms with van der Waals surface area (Å²) in [4.78, 5) is 13.7. The molecule has 2 aromatic rings. The molecule has 4 nitrogen and oxygen atoms in total. The van der Waals surface area contributed by atoms with Gasteiger partial charge < -0.3 is 14.4 Å². The monoisotopic (exact) mass is 303 g/mol. The van der Waals surface area contributed by atoms with Crippen LogP contribution in [0.5, 0.6) is 5.75 Å². The van der Waals surface area contributed by atoms with Gasteiger partial charge in [0.2, 0.25) is 0 Å². The van der Waals surface area contributed by atoms with Crippen LogP contribution in [-0.2, 0) is 9.53 Å². The van der Waals surface area contributed by atoms with Crippen LogP contribution in [0.1, 0.15) is 5.56 Å². The number of carbonyl (C=O) groups excluding carboxylic acids is 1. The van der Waals surface area contributed by atoms with E-state index in [1.807, 2.05) is 36.4 Å². The summed E-state index contributed by atoms with van der Waals surface area (Å²) < 4.78 is 10.0. The molecule has 0 bridgehead atoms. The number of hydrogen-bond donors (Lipinski definition) is 0. The van der Waals surface area contributed by atoms with Crippen LogP contribution in [0.2, 0.25) is 0 Å². The largest absolute Gasteiger partial charge is 0.496 e. The van der Waals surface area contributed by atoms with Gasteiger partial charge in [0.25, 0.3) is 0 Å². The summed E-state index contributed by atoms with van der Waals surface area (Å²) in [5, 5.41) is 1.99. The predicted molar refractivity (Wildman–Crippen MR) is 86.8 cm³/mol. The summed E-state index contributed by atoms with van der Waals surface area (Å²) in [6.45, 7) is 0.121. The third-order valence-corrected chi connectivity index (χ3v) is 3.80. The van der Waals surface area contributed by atoms with E-state index in [1.54, 1.807) is 19.1 Å². The number of likely N-dealkylation sites (N-methyl/N-ethyl adjacent to an activating group) is 1. The Balaban J connectivity index is 2.42. The minimum absolute atomic E-state index is 0.121. The molecule has 0 aliphatic heterocycles. The summed E-state index contributed by atoms with van der Waals surface area (Å²) in [6.07, 6.45) is 0. The van der Waals surface area contributed by atoms with Crippen molar-refractivity contribution in [3.05, 3.63) is 42.0 Å². The van der Waals surface area contributed by atoms with Crippen molar-refractivity contribution < 1.29 is 14.3 Å². The first kappa shape index (κ1) is 15.3. The molecule has 0 aliphatic carbocycles. The van der Waals surface area contributed by atoms with Gasteiger partial charge in [0.05, 0.1) is 14.2 Å². The minimum Gasteiger partial charge on any atom is -0.496 e. The molecule has 2 rings (SSSR count). The standard InChI is InChI=1S/C16H17NO3S/c1-17(10-15(18)20-3)16(21)13-8-4-7-12-11(13)6-5-9-14(12)19-2/h4-9H,10H2,1-3H3. The molecule has 0 N–H and O–H groups in total. The van der Waals surface area contributed by atoms with E-state index in [4.69, 9.17) is 17.0 Å². The summed E-state index contributed by atoms with van der Waals surface area (Å²) >= 11 is 5.49. The van der Waals surface area contributed by atoms with Gasteiger partial charge in [-0.1, -0.05) is 42.5 Å². The molecular formula is C16H17NO3S. The Bertz CT molecular complexity index is 684. The zero-order chi connectivity index (χ0) is 15.4. The van der Waals surface area contributed by atoms with Gasteiger partial charge in [-0.15, -0.1) is 0 Å². The Morgan fingerprint density at radius 2 is 1.81 bits per heavy atom. The molecule has 0 fully saturated rings. The topological polar surface area (TPSA) is 38.8 Å². The van der Waals surface area contributed by atoms with Crippen molar-refractivity contribution >= 4 is 33.9 Å². The van der Waals surface area contributed by atoms with E-state index in [0.29, 0.717) is 4.99 Å². The van der Waals surface area contributed by atoms with Gasteiger partial charge >= 0.3 is 5.97 Å². The Kier molecular flexibility index (Phi) is 4.75. The highest BCUT2D eigenvalue weighted by Gasteiger charge is 2.14. The van der Waals surface area contributed by atoms with Crippen LogP contribution < -0.4 is 4.74 Å². The highest BCUT2D eigenvalue weighted by atomic mass is 32.1. The molecular weight excluding hydrogens is 286 g/mol. The van der Waals surface area contributed by atoms with Gasteiger partial charge in [0.1, 0.15) is 17.3 Å². The molecule has 0 radical (unpaired) electrons. The first-order chi connectivity index (χ1) is 10.1. The number of esters is 1. The SMILES string of the molecule is COC(=O)CN(C)C(=S)c1cccc2c(OC)cccc12. The van der Waals surface area contributed by atoms with E-state index in [9.17, 15) is 4.79 Å². The molecule has 0 saturated carbocycles.